The fourth-order valence-corrected chi connectivity index (χ4v) is 4.59. The molecule has 0 aliphatic heterocycles. The Labute approximate surface area is 164 Å². The summed E-state index contributed by atoms with van der Waals surface area (Å²) in [4.78, 5) is 11.9. The molecule has 0 fully saturated rings. The van der Waals surface area contributed by atoms with Gasteiger partial charge in [-0.3, -0.25) is 0 Å². The second-order valence-corrected chi connectivity index (χ2v) is 8.56. The Kier molecular flexibility index (Phi) is 5.66. The summed E-state index contributed by atoms with van der Waals surface area (Å²) < 4.78 is 49.0. The lowest BCUT2D eigenvalue weighted by Crippen LogP contribution is -2.24. The number of carbonyl (C=O) groups is 1. The molecule has 1 N–H and O–H groups in total. The molecule has 144 valence electrons. The van der Waals surface area contributed by atoms with Crippen LogP contribution in [0.5, 0.6) is 0 Å². The first-order chi connectivity index (χ1) is 12.7. The number of ether oxygens (including phenoxy) is 1. The van der Waals surface area contributed by atoms with Gasteiger partial charge in [-0.1, -0.05) is 33.6 Å². The van der Waals surface area contributed by atoms with E-state index in [1.165, 1.54) is 25.3 Å². The Morgan fingerprint density at radius 1 is 1.30 bits per heavy atom. The van der Waals surface area contributed by atoms with Gasteiger partial charge in [0.15, 0.2) is 0 Å². The fourth-order valence-electron chi connectivity index (χ4n) is 3.07. The number of esters is 1. The molecule has 0 aromatic heterocycles. The molecule has 27 heavy (non-hydrogen) atoms. The summed E-state index contributed by atoms with van der Waals surface area (Å²) >= 11 is 3.28. The van der Waals surface area contributed by atoms with E-state index in [0.29, 0.717) is 28.4 Å². The van der Waals surface area contributed by atoms with Gasteiger partial charge in [-0.15, -0.1) is 0 Å². The number of nitrogens with one attached hydrogen (secondary N) is 1. The second kappa shape index (κ2) is 7.67. The highest BCUT2D eigenvalue weighted by Crippen LogP contribution is 2.40. The van der Waals surface area contributed by atoms with E-state index in [9.17, 15) is 17.6 Å². The van der Waals surface area contributed by atoms with E-state index < -0.39 is 27.9 Å². The standard InChI is InChI=1S/C18H17BrFNO5S/c1-10-3-5-11(6-4-10)27(23,24)26-21-15-8-7-12-16(15)13(19)9-14(20)17(12)18(22)25-2/h3-6,9,15,21H,7-8H2,1-2H3. The zero-order valence-electron chi connectivity index (χ0n) is 14.6. The monoisotopic (exact) mass is 457 g/mol. The highest BCUT2D eigenvalue weighted by Gasteiger charge is 2.33. The molecular formula is C18H17BrFNO5S. The van der Waals surface area contributed by atoms with Crippen molar-refractivity contribution < 1.29 is 26.6 Å². The Morgan fingerprint density at radius 2 is 1.96 bits per heavy atom. The van der Waals surface area contributed by atoms with Crippen molar-refractivity contribution in [1.29, 1.82) is 0 Å². The molecule has 6 nitrogen and oxygen atoms in total. The quantitative estimate of drug-likeness (QED) is 0.545. The van der Waals surface area contributed by atoms with Gasteiger partial charge in [-0.2, -0.15) is 18.2 Å². The van der Waals surface area contributed by atoms with Crippen molar-refractivity contribution in [2.75, 3.05) is 7.11 Å². The molecular weight excluding hydrogens is 441 g/mol. The van der Waals surface area contributed by atoms with Crippen LogP contribution >= 0.6 is 15.9 Å². The highest BCUT2D eigenvalue weighted by atomic mass is 79.9. The number of fused-ring (bicyclic) bond motifs is 1. The molecule has 2 aromatic rings. The largest absolute Gasteiger partial charge is 0.465 e. The van der Waals surface area contributed by atoms with Crippen LogP contribution in [0.2, 0.25) is 0 Å². The zero-order chi connectivity index (χ0) is 19.8. The lowest BCUT2D eigenvalue weighted by Gasteiger charge is -2.16. The van der Waals surface area contributed by atoms with E-state index in [1.54, 1.807) is 12.1 Å². The van der Waals surface area contributed by atoms with E-state index in [2.05, 4.69) is 26.1 Å². The first-order valence-corrected chi connectivity index (χ1v) is 10.3. The van der Waals surface area contributed by atoms with Gasteiger partial charge < -0.3 is 4.74 Å². The third-order valence-electron chi connectivity index (χ3n) is 4.41. The van der Waals surface area contributed by atoms with Gasteiger partial charge in [0.25, 0.3) is 0 Å². The van der Waals surface area contributed by atoms with Gasteiger partial charge in [0.2, 0.25) is 0 Å². The average Bonchev–Trinajstić information content (AvgIpc) is 3.04. The summed E-state index contributed by atoms with van der Waals surface area (Å²) in [5.74, 6) is -1.47. The van der Waals surface area contributed by atoms with Gasteiger partial charge in [-0.25, -0.2) is 9.18 Å². The van der Waals surface area contributed by atoms with E-state index in [1.807, 2.05) is 6.92 Å². The van der Waals surface area contributed by atoms with Crippen molar-refractivity contribution in [1.82, 2.24) is 5.48 Å². The lowest BCUT2D eigenvalue weighted by atomic mass is 10.0. The van der Waals surface area contributed by atoms with E-state index in [0.717, 1.165) is 5.56 Å². The number of halogens is 2. The van der Waals surface area contributed by atoms with E-state index in [-0.39, 0.29) is 10.5 Å². The minimum Gasteiger partial charge on any atom is -0.465 e. The van der Waals surface area contributed by atoms with Crippen LogP contribution in [0.4, 0.5) is 4.39 Å². The summed E-state index contributed by atoms with van der Waals surface area (Å²) in [6, 6.07) is 6.88. The minimum absolute atomic E-state index is 0.0206. The Morgan fingerprint density at radius 3 is 2.59 bits per heavy atom. The predicted molar refractivity (Wildman–Crippen MR) is 99.1 cm³/mol. The van der Waals surface area contributed by atoms with E-state index >= 15 is 0 Å². The van der Waals surface area contributed by atoms with Crippen molar-refractivity contribution >= 4 is 32.0 Å². The summed E-state index contributed by atoms with van der Waals surface area (Å²) in [5, 5.41) is 0. The Hall–Kier alpha value is -1.81. The van der Waals surface area contributed by atoms with Crippen LogP contribution < -0.4 is 5.48 Å². The number of methoxy groups -OCH3 is 1. The van der Waals surface area contributed by atoms with Crippen molar-refractivity contribution in [3.63, 3.8) is 0 Å². The van der Waals surface area contributed by atoms with Gasteiger partial charge in [0.1, 0.15) is 5.82 Å². The van der Waals surface area contributed by atoms with Gasteiger partial charge in [0.05, 0.1) is 23.6 Å². The van der Waals surface area contributed by atoms with Crippen molar-refractivity contribution in [2.45, 2.75) is 30.7 Å². The SMILES string of the molecule is COC(=O)c1c(F)cc(Br)c2c1CCC2NOS(=O)(=O)c1ccc(C)cc1. The van der Waals surface area contributed by atoms with Crippen LogP contribution in [0.25, 0.3) is 0 Å². The number of rotatable bonds is 5. The molecule has 1 aliphatic rings. The minimum atomic E-state index is -4.01. The molecule has 0 saturated heterocycles. The maximum atomic E-state index is 14.2. The van der Waals surface area contributed by atoms with Crippen molar-refractivity contribution in [3.05, 3.63) is 62.9 Å². The molecule has 0 amide bonds. The second-order valence-electron chi connectivity index (χ2n) is 6.16. The topological polar surface area (TPSA) is 81.7 Å². The van der Waals surface area contributed by atoms with Crippen LogP contribution in [0, 0.1) is 12.7 Å². The summed E-state index contributed by atoms with van der Waals surface area (Å²) in [6.07, 6.45) is 0.812. The summed E-state index contributed by atoms with van der Waals surface area (Å²) in [6.45, 7) is 1.85. The van der Waals surface area contributed by atoms with E-state index in [4.69, 9.17) is 4.28 Å². The van der Waals surface area contributed by atoms with Crippen molar-refractivity contribution in [2.24, 2.45) is 0 Å². The fraction of sp³-hybridized carbons (Fsp3) is 0.278. The molecule has 0 bridgehead atoms. The first kappa shape index (κ1) is 19.9. The van der Waals surface area contributed by atoms with Gasteiger partial charge >= 0.3 is 16.1 Å². The number of aryl methyl sites for hydroxylation is 1. The maximum absolute atomic E-state index is 14.2. The van der Waals surface area contributed by atoms with Crippen LogP contribution in [0.15, 0.2) is 39.7 Å². The molecule has 9 heteroatoms. The Balaban J connectivity index is 1.86. The average molecular weight is 458 g/mol. The first-order valence-electron chi connectivity index (χ1n) is 8.09. The molecule has 0 spiro atoms. The molecule has 0 saturated carbocycles. The molecule has 0 heterocycles. The summed E-state index contributed by atoms with van der Waals surface area (Å²) in [5.41, 5.74) is 4.38. The van der Waals surface area contributed by atoms with Crippen LogP contribution in [-0.4, -0.2) is 21.5 Å². The van der Waals surface area contributed by atoms with Gasteiger partial charge in [0, 0.05) is 4.47 Å². The third kappa shape index (κ3) is 3.91. The van der Waals surface area contributed by atoms with Crippen LogP contribution in [-0.2, 0) is 25.6 Å². The molecule has 1 atom stereocenters. The summed E-state index contributed by atoms with van der Waals surface area (Å²) in [7, 11) is -2.83. The van der Waals surface area contributed by atoms with Crippen LogP contribution in [0.3, 0.4) is 0 Å². The molecule has 0 radical (unpaired) electrons. The molecule has 2 aromatic carbocycles. The maximum Gasteiger partial charge on any atom is 0.341 e. The molecule has 3 rings (SSSR count). The number of carbonyl (C=O) groups excluding carboxylic acids is 1. The zero-order valence-corrected chi connectivity index (χ0v) is 17.0. The smallest absolute Gasteiger partial charge is 0.341 e. The third-order valence-corrected chi connectivity index (χ3v) is 6.23. The number of hydrogen-bond donors (Lipinski definition) is 1. The normalized spacial score (nSPS) is 16.2. The Bertz CT molecular complexity index is 992. The molecule has 1 aliphatic carbocycles. The van der Waals surface area contributed by atoms with Crippen LogP contribution in [0.1, 0.15) is 39.5 Å². The van der Waals surface area contributed by atoms with Crippen molar-refractivity contribution in [3.8, 4) is 0 Å². The molecule has 1 unspecified atom stereocenters. The number of hydroxylamine groups is 1. The lowest BCUT2D eigenvalue weighted by molar-refractivity contribution is 0.0594. The highest BCUT2D eigenvalue weighted by molar-refractivity contribution is 9.10. The number of hydrogen-bond acceptors (Lipinski definition) is 6. The predicted octanol–water partition coefficient (Wildman–Crippen LogP) is 3.58. The van der Waals surface area contributed by atoms with Gasteiger partial charge in [-0.05, 0) is 49.1 Å². The number of benzene rings is 2.